The average molecular weight is 294 g/mol. The summed E-state index contributed by atoms with van der Waals surface area (Å²) in [6.45, 7) is 4.17. The number of hydrogen-bond donors (Lipinski definition) is 0. The van der Waals surface area contributed by atoms with Crippen LogP contribution in [-0.2, 0) is 4.74 Å². The van der Waals surface area contributed by atoms with E-state index in [0.717, 1.165) is 32.2 Å². The molecule has 0 N–H and O–H groups in total. The van der Waals surface area contributed by atoms with E-state index in [4.69, 9.17) is 9.73 Å². The molecule has 2 atom stereocenters. The maximum Gasteiger partial charge on any atom is 0.159 e. The van der Waals surface area contributed by atoms with Gasteiger partial charge in [-0.15, -0.1) is 0 Å². The Morgan fingerprint density at radius 3 is 2.95 bits per heavy atom. The molecule has 3 aliphatic rings. The van der Waals surface area contributed by atoms with Crippen LogP contribution in [0.5, 0.6) is 0 Å². The van der Waals surface area contributed by atoms with Crippen molar-refractivity contribution in [3.05, 3.63) is 12.2 Å². The molecule has 1 saturated heterocycles. The molecular formula is C16H26N2OS. The predicted octanol–water partition coefficient (Wildman–Crippen LogP) is 3.32. The van der Waals surface area contributed by atoms with Crippen LogP contribution >= 0.6 is 11.8 Å². The minimum absolute atomic E-state index is 0.430. The van der Waals surface area contributed by atoms with Gasteiger partial charge in [0.2, 0.25) is 0 Å². The summed E-state index contributed by atoms with van der Waals surface area (Å²) >= 11 is 1.95. The number of allylic oxidation sites excluding steroid dienone is 2. The van der Waals surface area contributed by atoms with Gasteiger partial charge in [0, 0.05) is 32.0 Å². The number of amidine groups is 1. The molecule has 1 fully saturated rings. The first-order chi connectivity index (χ1) is 9.92. The summed E-state index contributed by atoms with van der Waals surface area (Å²) in [5.41, 5.74) is 0. The lowest BCUT2D eigenvalue weighted by molar-refractivity contribution is 0.0883. The molecule has 0 radical (unpaired) electrons. The summed E-state index contributed by atoms with van der Waals surface area (Å²) in [6.07, 6.45) is 12.6. The van der Waals surface area contributed by atoms with Gasteiger partial charge in [0.05, 0.1) is 6.10 Å². The predicted molar refractivity (Wildman–Crippen MR) is 86.4 cm³/mol. The molecular weight excluding hydrogens is 268 g/mol. The van der Waals surface area contributed by atoms with E-state index < -0.39 is 0 Å². The first-order valence-corrected chi connectivity index (χ1v) is 9.09. The molecule has 0 aromatic carbocycles. The van der Waals surface area contributed by atoms with Gasteiger partial charge in [-0.1, -0.05) is 23.9 Å². The monoisotopic (exact) mass is 294 g/mol. The largest absolute Gasteiger partial charge is 0.376 e. The Bertz CT molecular complexity index is 363. The van der Waals surface area contributed by atoms with Crippen molar-refractivity contribution in [2.24, 2.45) is 10.9 Å². The Labute approximate surface area is 126 Å². The summed E-state index contributed by atoms with van der Waals surface area (Å²) in [5, 5.41) is 1.28. The van der Waals surface area contributed by atoms with Crippen LogP contribution in [-0.4, -0.2) is 48.2 Å². The van der Waals surface area contributed by atoms with Crippen molar-refractivity contribution in [1.29, 1.82) is 0 Å². The Morgan fingerprint density at radius 1 is 1.25 bits per heavy atom. The van der Waals surface area contributed by atoms with E-state index in [1.807, 2.05) is 11.8 Å². The van der Waals surface area contributed by atoms with Gasteiger partial charge >= 0.3 is 0 Å². The summed E-state index contributed by atoms with van der Waals surface area (Å²) in [7, 11) is 0. The van der Waals surface area contributed by atoms with Gasteiger partial charge in [0.25, 0.3) is 0 Å². The first-order valence-electron chi connectivity index (χ1n) is 8.10. The molecule has 2 heterocycles. The Hall–Kier alpha value is -0.480. The van der Waals surface area contributed by atoms with E-state index in [0.29, 0.717) is 6.10 Å². The fourth-order valence-electron chi connectivity index (χ4n) is 3.24. The maximum absolute atomic E-state index is 5.84. The van der Waals surface area contributed by atoms with Gasteiger partial charge in [0.15, 0.2) is 5.17 Å². The highest BCUT2D eigenvalue weighted by atomic mass is 32.2. The molecule has 0 aromatic rings. The van der Waals surface area contributed by atoms with Gasteiger partial charge in [-0.05, 0) is 44.4 Å². The molecule has 3 rings (SSSR count). The summed E-state index contributed by atoms with van der Waals surface area (Å²) in [6, 6.07) is 0. The minimum Gasteiger partial charge on any atom is -0.376 e. The molecule has 1 aliphatic carbocycles. The van der Waals surface area contributed by atoms with Crippen LogP contribution in [0.25, 0.3) is 0 Å². The molecule has 112 valence electrons. The zero-order chi connectivity index (χ0) is 13.6. The van der Waals surface area contributed by atoms with Crippen LogP contribution in [0.2, 0.25) is 0 Å². The van der Waals surface area contributed by atoms with E-state index in [1.165, 1.54) is 49.4 Å². The van der Waals surface area contributed by atoms with Crippen molar-refractivity contribution in [2.45, 2.75) is 44.6 Å². The molecule has 2 aliphatic heterocycles. The fourth-order valence-corrected chi connectivity index (χ4v) is 4.21. The van der Waals surface area contributed by atoms with Gasteiger partial charge in [0.1, 0.15) is 0 Å². The van der Waals surface area contributed by atoms with E-state index in [1.54, 1.807) is 0 Å². The van der Waals surface area contributed by atoms with Gasteiger partial charge in [-0.25, -0.2) is 0 Å². The molecule has 0 saturated carbocycles. The van der Waals surface area contributed by atoms with E-state index in [2.05, 4.69) is 17.1 Å². The quantitative estimate of drug-likeness (QED) is 0.744. The molecule has 0 aromatic heterocycles. The second kappa shape index (κ2) is 7.51. The third-order valence-corrected chi connectivity index (χ3v) is 5.49. The first kappa shape index (κ1) is 14.5. The summed E-state index contributed by atoms with van der Waals surface area (Å²) in [4.78, 5) is 7.30. The number of aliphatic imine (C=N–C) groups is 1. The average Bonchev–Trinajstić information content (AvgIpc) is 3.02. The van der Waals surface area contributed by atoms with Crippen LogP contribution in [0.15, 0.2) is 17.1 Å². The van der Waals surface area contributed by atoms with Crippen molar-refractivity contribution in [2.75, 3.05) is 32.0 Å². The fraction of sp³-hybridized carbons (Fsp3) is 0.812. The Morgan fingerprint density at radius 2 is 2.25 bits per heavy atom. The molecule has 2 unspecified atom stereocenters. The van der Waals surface area contributed by atoms with Gasteiger partial charge < -0.3 is 9.64 Å². The highest BCUT2D eigenvalue weighted by molar-refractivity contribution is 8.13. The topological polar surface area (TPSA) is 24.8 Å². The number of hydrogen-bond acceptors (Lipinski definition) is 4. The third kappa shape index (κ3) is 4.01. The zero-order valence-corrected chi connectivity index (χ0v) is 13.1. The molecule has 3 nitrogen and oxygen atoms in total. The van der Waals surface area contributed by atoms with Crippen molar-refractivity contribution < 1.29 is 4.74 Å². The number of thioether (sulfide) groups is 1. The van der Waals surface area contributed by atoms with Crippen LogP contribution in [0.1, 0.15) is 38.5 Å². The van der Waals surface area contributed by atoms with E-state index in [9.17, 15) is 0 Å². The molecule has 4 heteroatoms. The van der Waals surface area contributed by atoms with Crippen LogP contribution in [0.4, 0.5) is 0 Å². The molecule has 20 heavy (non-hydrogen) atoms. The lowest BCUT2D eigenvalue weighted by Crippen LogP contribution is -2.40. The second-order valence-corrected chi connectivity index (χ2v) is 7.12. The highest BCUT2D eigenvalue weighted by Gasteiger charge is 2.25. The third-order valence-electron chi connectivity index (χ3n) is 4.36. The van der Waals surface area contributed by atoms with Crippen LogP contribution in [0, 0.1) is 5.92 Å². The Kier molecular flexibility index (Phi) is 5.43. The second-order valence-electron chi connectivity index (χ2n) is 6.06. The molecule has 0 bridgehead atoms. The lowest BCUT2D eigenvalue weighted by atomic mass is 9.94. The van der Waals surface area contributed by atoms with Crippen LogP contribution < -0.4 is 0 Å². The smallest absolute Gasteiger partial charge is 0.159 e. The highest BCUT2D eigenvalue weighted by Crippen LogP contribution is 2.24. The summed E-state index contributed by atoms with van der Waals surface area (Å²) in [5.74, 6) is 2.03. The maximum atomic E-state index is 5.84. The lowest BCUT2D eigenvalue weighted by Gasteiger charge is -2.33. The van der Waals surface area contributed by atoms with E-state index >= 15 is 0 Å². The van der Waals surface area contributed by atoms with Gasteiger partial charge in [-0.2, -0.15) is 0 Å². The van der Waals surface area contributed by atoms with Crippen molar-refractivity contribution in [3.63, 3.8) is 0 Å². The standard InChI is InChI=1S/C16H26N2OS/c1-2-6-14(7-3-1)12-18(13-15-8-4-10-19-15)16-17-9-5-11-20-16/h1-2,14-15H,3-13H2. The molecule has 0 amide bonds. The van der Waals surface area contributed by atoms with Crippen molar-refractivity contribution in [1.82, 2.24) is 4.90 Å². The zero-order valence-electron chi connectivity index (χ0n) is 12.3. The minimum atomic E-state index is 0.430. The SMILES string of the molecule is C1=CCC(CN(CC2CCCO2)C2=NCCCS2)CC1. The number of ether oxygens (including phenoxy) is 1. The van der Waals surface area contributed by atoms with E-state index in [-0.39, 0.29) is 0 Å². The van der Waals surface area contributed by atoms with Crippen LogP contribution in [0.3, 0.4) is 0 Å². The molecule has 0 spiro atoms. The Balaban J connectivity index is 1.61. The van der Waals surface area contributed by atoms with Crippen molar-refractivity contribution >= 4 is 16.9 Å². The van der Waals surface area contributed by atoms with Crippen molar-refractivity contribution in [3.8, 4) is 0 Å². The number of rotatable bonds is 4. The normalized spacial score (nSPS) is 30.3. The number of nitrogens with zero attached hydrogens (tertiary/aromatic N) is 2. The summed E-state index contributed by atoms with van der Waals surface area (Å²) < 4.78 is 5.84. The van der Waals surface area contributed by atoms with Gasteiger partial charge in [-0.3, -0.25) is 4.99 Å².